The molecule has 22 heavy (non-hydrogen) atoms. The van der Waals surface area contributed by atoms with E-state index in [1.165, 1.54) is 4.90 Å². The van der Waals surface area contributed by atoms with Crippen LogP contribution in [0.1, 0.15) is 23.0 Å². The van der Waals surface area contributed by atoms with Crippen molar-refractivity contribution in [3.63, 3.8) is 0 Å². The van der Waals surface area contributed by atoms with Gasteiger partial charge in [-0.1, -0.05) is 0 Å². The molecule has 1 atom stereocenters. The largest absolute Gasteiger partial charge is 0.465 e. The zero-order chi connectivity index (χ0) is 16.3. The average molecular weight is 375 g/mol. The Bertz CT molecular complexity index is 572. The van der Waals surface area contributed by atoms with Crippen LogP contribution < -0.4 is 0 Å². The van der Waals surface area contributed by atoms with Crippen molar-refractivity contribution in [3.05, 3.63) is 21.9 Å². The molecule has 7 nitrogen and oxygen atoms in total. The van der Waals surface area contributed by atoms with Crippen LogP contribution in [0.25, 0.3) is 0 Å². The highest BCUT2D eigenvalue weighted by Gasteiger charge is 2.26. The third-order valence-electron chi connectivity index (χ3n) is 3.61. The summed E-state index contributed by atoms with van der Waals surface area (Å²) in [7, 11) is 0. The fourth-order valence-electron chi connectivity index (χ4n) is 2.45. The number of halogens is 1. The van der Waals surface area contributed by atoms with Gasteiger partial charge in [0.15, 0.2) is 0 Å². The molecule has 1 amide bonds. The van der Waals surface area contributed by atoms with Crippen LogP contribution in [0.4, 0.5) is 4.79 Å². The minimum absolute atomic E-state index is 0.248. The van der Waals surface area contributed by atoms with Crippen molar-refractivity contribution >= 4 is 28.0 Å². The maximum atomic E-state index is 11.9. The van der Waals surface area contributed by atoms with Crippen molar-refractivity contribution in [3.8, 4) is 0 Å². The van der Waals surface area contributed by atoms with Crippen molar-refractivity contribution in [2.45, 2.75) is 26.5 Å². The Kier molecular flexibility index (Phi) is 5.47. The summed E-state index contributed by atoms with van der Waals surface area (Å²) in [6.07, 6.45) is -1.19. The molecule has 1 saturated heterocycles. The first kappa shape index (κ1) is 16.8. The van der Waals surface area contributed by atoms with E-state index in [1.54, 1.807) is 13.0 Å². The van der Waals surface area contributed by atoms with Crippen molar-refractivity contribution in [1.82, 2.24) is 9.47 Å². The lowest BCUT2D eigenvalue weighted by Crippen LogP contribution is -2.46. The third kappa shape index (κ3) is 3.61. The topological polar surface area (TPSA) is 81.0 Å². The summed E-state index contributed by atoms with van der Waals surface area (Å²) in [5, 5.41) is 9.06. The molecule has 0 saturated carbocycles. The number of carbonyl (C=O) groups excluding carboxylic acids is 1. The van der Waals surface area contributed by atoms with E-state index < -0.39 is 6.09 Å². The molecular formula is C14H19BrN2O5. The maximum Gasteiger partial charge on any atom is 0.407 e. The molecule has 2 heterocycles. The van der Waals surface area contributed by atoms with Crippen LogP contribution in [-0.4, -0.2) is 59.0 Å². The molecule has 1 N–H and O–H groups in total. The normalized spacial score (nSPS) is 18.3. The summed E-state index contributed by atoms with van der Waals surface area (Å²) in [4.78, 5) is 24.3. The minimum atomic E-state index is -0.941. The van der Waals surface area contributed by atoms with Crippen LogP contribution in [0.15, 0.2) is 10.7 Å². The smallest absolute Gasteiger partial charge is 0.407 e. The second kappa shape index (κ2) is 7.15. The average Bonchev–Trinajstić information content (AvgIpc) is 2.76. The van der Waals surface area contributed by atoms with E-state index in [4.69, 9.17) is 14.6 Å². The highest BCUT2D eigenvalue weighted by Crippen LogP contribution is 2.23. The van der Waals surface area contributed by atoms with Gasteiger partial charge in [-0.05, 0) is 35.8 Å². The van der Waals surface area contributed by atoms with Gasteiger partial charge in [0.25, 0.3) is 0 Å². The Balaban J connectivity index is 2.13. The molecule has 8 heteroatoms. The fraction of sp³-hybridized carbons (Fsp3) is 0.571. The summed E-state index contributed by atoms with van der Waals surface area (Å²) in [6, 6.07) is 1.71. The lowest BCUT2D eigenvalue weighted by atomic mass is 10.2. The Morgan fingerprint density at radius 2 is 2.27 bits per heavy atom. The molecule has 0 aromatic carbocycles. The lowest BCUT2D eigenvalue weighted by Gasteiger charge is -2.31. The number of hydrogen-bond donors (Lipinski definition) is 1. The Morgan fingerprint density at radius 1 is 1.55 bits per heavy atom. The van der Waals surface area contributed by atoms with Gasteiger partial charge in [-0.15, -0.1) is 0 Å². The van der Waals surface area contributed by atoms with Gasteiger partial charge in [-0.3, -0.25) is 0 Å². The molecule has 1 unspecified atom stereocenters. The molecule has 1 aliphatic rings. The highest BCUT2D eigenvalue weighted by molar-refractivity contribution is 9.10. The van der Waals surface area contributed by atoms with Crippen molar-refractivity contribution < 1.29 is 24.2 Å². The van der Waals surface area contributed by atoms with Crippen LogP contribution >= 0.6 is 15.9 Å². The van der Waals surface area contributed by atoms with E-state index in [2.05, 4.69) is 15.9 Å². The number of morpholine rings is 1. The summed E-state index contributed by atoms with van der Waals surface area (Å²) in [5.41, 5.74) is 1.26. The predicted octanol–water partition coefficient (Wildman–Crippen LogP) is 2.11. The molecule has 0 radical (unpaired) electrons. The Labute approximate surface area is 136 Å². The third-order valence-corrected chi connectivity index (χ3v) is 4.26. The number of rotatable bonds is 4. The van der Waals surface area contributed by atoms with Gasteiger partial charge in [-0.25, -0.2) is 9.59 Å². The van der Waals surface area contributed by atoms with Crippen LogP contribution in [0.5, 0.6) is 0 Å². The molecule has 0 bridgehead atoms. The number of ether oxygens (including phenoxy) is 2. The second-order valence-electron chi connectivity index (χ2n) is 5.02. The predicted molar refractivity (Wildman–Crippen MR) is 82.2 cm³/mol. The monoisotopic (exact) mass is 374 g/mol. The summed E-state index contributed by atoms with van der Waals surface area (Å²) in [6.45, 7) is 5.44. The standard InChI is InChI=1S/C14H19BrN2O5/c1-3-21-13(18)11-6-12(15)17(9(11)2)8-10-7-16(14(19)20)4-5-22-10/h6,10H,3-5,7-8H2,1-2H3,(H,19,20). The number of aromatic nitrogens is 1. The number of esters is 1. The number of carboxylic acid groups (broad SMARTS) is 1. The first-order valence-electron chi connectivity index (χ1n) is 7.06. The van der Waals surface area contributed by atoms with E-state index in [0.717, 1.165) is 10.3 Å². The van der Waals surface area contributed by atoms with Gasteiger partial charge < -0.3 is 24.0 Å². The first-order chi connectivity index (χ1) is 10.4. The number of nitrogens with zero attached hydrogens (tertiary/aromatic N) is 2. The first-order valence-corrected chi connectivity index (χ1v) is 7.85. The van der Waals surface area contributed by atoms with E-state index >= 15 is 0 Å². The maximum absolute atomic E-state index is 11.9. The van der Waals surface area contributed by atoms with Gasteiger partial charge in [-0.2, -0.15) is 0 Å². The summed E-state index contributed by atoms with van der Waals surface area (Å²) < 4.78 is 13.3. The molecule has 2 rings (SSSR count). The van der Waals surface area contributed by atoms with Crippen LogP contribution in [0, 0.1) is 6.92 Å². The number of hydrogen-bond acceptors (Lipinski definition) is 4. The summed E-state index contributed by atoms with van der Waals surface area (Å²) >= 11 is 3.43. The molecule has 1 aliphatic heterocycles. The van der Waals surface area contributed by atoms with Crippen molar-refractivity contribution in [2.75, 3.05) is 26.3 Å². The highest BCUT2D eigenvalue weighted by atomic mass is 79.9. The molecule has 1 aromatic rings. The van der Waals surface area contributed by atoms with Crippen LogP contribution in [0.3, 0.4) is 0 Å². The van der Waals surface area contributed by atoms with E-state index in [1.807, 2.05) is 11.5 Å². The molecule has 0 aliphatic carbocycles. The van der Waals surface area contributed by atoms with Crippen LogP contribution in [-0.2, 0) is 16.0 Å². The van der Waals surface area contributed by atoms with Gasteiger partial charge in [0.1, 0.15) is 0 Å². The minimum Gasteiger partial charge on any atom is -0.465 e. The molecular weight excluding hydrogens is 356 g/mol. The molecule has 0 spiro atoms. The van der Waals surface area contributed by atoms with Gasteiger partial charge in [0.2, 0.25) is 0 Å². The Morgan fingerprint density at radius 3 is 2.91 bits per heavy atom. The molecule has 1 fully saturated rings. The van der Waals surface area contributed by atoms with Gasteiger partial charge >= 0.3 is 12.1 Å². The molecule has 1 aromatic heterocycles. The number of amides is 1. The van der Waals surface area contributed by atoms with Crippen molar-refractivity contribution in [1.29, 1.82) is 0 Å². The number of carbonyl (C=O) groups is 2. The fourth-order valence-corrected chi connectivity index (χ4v) is 3.09. The van der Waals surface area contributed by atoms with E-state index in [9.17, 15) is 9.59 Å². The second-order valence-corrected chi connectivity index (χ2v) is 5.83. The van der Waals surface area contributed by atoms with Crippen molar-refractivity contribution in [2.24, 2.45) is 0 Å². The van der Waals surface area contributed by atoms with E-state index in [-0.39, 0.29) is 12.1 Å². The van der Waals surface area contributed by atoms with Gasteiger partial charge in [0, 0.05) is 12.2 Å². The SMILES string of the molecule is CCOC(=O)c1cc(Br)n(CC2CN(C(=O)O)CCO2)c1C. The zero-order valence-corrected chi connectivity index (χ0v) is 14.1. The summed E-state index contributed by atoms with van der Waals surface area (Å²) in [5.74, 6) is -0.365. The quantitative estimate of drug-likeness (QED) is 0.816. The zero-order valence-electron chi connectivity index (χ0n) is 12.5. The lowest BCUT2D eigenvalue weighted by molar-refractivity contribution is -0.0296. The van der Waals surface area contributed by atoms with E-state index in [0.29, 0.717) is 38.4 Å². The van der Waals surface area contributed by atoms with Gasteiger partial charge in [0.05, 0.1) is 42.6 Å². The molecule has 122 valence electrons. The van der Waals surface area contributed by atoms with Crippen LogP contribution in [0.2, 0.25) is 0 Å². The Hall–Kier alpha value is -1.54.